The van der Waals surface area contributed by atoms with Crippen molar-refractivity contribution in [2.75, 3.05) is 85.9 Å². The molecule has 26 rings (SSSR count). The van der Waals surface area contributed by atoms with Crippen molar-refractivity contribution in [2.24, 2.45) is 64.1 Å². The van der Waals surface area contributed by atoms with E-state index in [-0.39, 0.29) is 5.60 Å². The number of benzene rings is 3. The van der Waals surface area contributed by atoms with Crippen LogP contribution in [0.4, 0.5) is 0 Å². The van der Waals surface area contributed by atoms with Gasteiger partial charge in [-0.1, -0.05) is 164 Å². The quantitative estimate of drug-likeness (QED) is 0.178. The van der Waals surface area contributed by atoms with E-state index in [2.05, 4.69) is 166 Å². The lowest BCUT2D eigenvalue weighted by atomic mass is 9.45. The van der Waals surface area contributed by atoms with Gasteiger partial charge in [0, 0.05) is 45.4 Å². The minimum atomic E-state index is 0.270. The average molecular weight is 1450 g/mol. The highest BCUT2D eigenvalue weighted by atomic mass is 16.6. The topological polar surface area (TPSA) is 137 Å². The minimum absolute atomic E-state index is 0.270. The first kappa shape index (κ1) is 82.4. The molecule has 21 atom stereocenters. The summed E-state index contributed by atoms with van der Waals surface area (Å²) in [5, 5.41) is 0. The van der Waals surface area contributed by atoms with Gasteiger partial charge in [-0.3, -0.25) is 0 Å². The third-order valence-corrected chi connectivity index (χ3v) is 25.8. The summed E-state index contributed by atoms with van der Waals surface area (Å²) in [6.45, 7) is 43.2. The van der Waals surface area contributed by atoms with Crippen LogP contribution in [-0.2, 0) is 63.3 Å². The molecule has 12 heterocycles. The fourth-order valence-corrected chi connectivity index (χ4v) is 16.9. The zero-order chi connectivity index (χ0) is 73.8. The Hall–Kier alpha value is -3.60. The van der Waals surface area contributed by atoms with Gasteiger partial charge >= 0.3 is 0 Å². The molecular weight excluding hydrogens is 1310 g/mol. The molecule has 21 fully saturated rings. The van der Waals surface area contributed by atoms with E-state index >= 15 is 0 Å². The van der Waals surface area contributed by atoms with Crippen LogP contribution in [0.15, 0.2) is 110 Å². The molecule has 9 saturated carbocycles. The number of rotatable bonds is 5. The molecular formula is C93H142O12. The maximum absolute atomic E-state index is 5.60. The lowest BCUT2D eigenvalue weighted by molar-refractivity contribution is -0.106. The molecule has 0 amide bonds. The summed E-state index contributed by atoms with van der Waals surface area (Å²) in [6.07, 6.45) is 43.6. The largest absolute Gasteiger partial charge is 0.381 e. The van der Waals surface area contributed by atoms with Gasteiger partial charge in [0.05, 0.1) is 107 Å². The average Bonchev–Trinajstić information content (AvgIpc) is 1.51. The highest BCUT2D eigenvalue weighted by Crippen LogP contribution is 2.78. The molecule has 105 heavy (non-hydrogen) atoms. The molecule has 0 spiro atoms. The monoisotopic (exact) mass is 1450 g/mol. The molecule has 11 aliphatic carbocycles. The standard InChI is InChI=1S/C11H18.C11H10.C10H16O.C9H8O.C9H14.C8H8O.C6H10O.C5H10O.4C4H8O.2C3H6O.C2H4O/c1-10(2)7-4-8-6-11(8,3)9(10)5-7;1-2-4-10-8(3-1)5-6-9-7-11(9)10;1-7(2)8-4-5-10(3)9(6-8)11-10;1-2-4-7-6(3-1)5-8-9(7)10-8;1-2-7-3-4-8-6-9(8)5-7;1-2-4-7(5-3-1)8-6-9-8;1-2-4-6-5(3-1)7-6;1-5-3-2-4-6-5;1-4-2-5-3-4;2*1-2-4-3-5-4;1-2-4-5-3-1;1-3-2-4-3;1-2-4-3-1;1-2-3-1/h7-9H,4-6H2,1-3H3;1-6,9,11H,7H2;8-9H,1,4-6H2,2-3H3;1-4,8-9H,5H2;2,7-9H,1,3-6H2;1-5,8H,6H2;5-6H,1-4H2;5H,2-4H2,1H3;3*4H,2-3H2,1H3;1-4H2;3H,2H2,1H3;1-3H2;1-2H2. The molecule has 21 unspecified atom stereocenters. The number of fused-ring (bicyclic) bond motifs is 9. The SMILES string of the molecule is C1=CC2CC2c2ccccc21.C1CCC2OC2C1.C1CCOC1.C1CO1.C1COC1.C=C(C)C1CCC2(C)OC2C1.C=CC1CCC2CC2C1.CC1(C)C2CC3CC3(C)C1C2.CC1CCCO1.CC1CO1.CC1COC1.CCC1CO1.CCC1CO1.c1ccc(C2CO2)cc1.c1ccc2c(c1)CC1OC21. The van der Waals surface area contributed by atoms with Crippen molar-refractivity contribution in [1.82, 2.24) is 0 Å². The molecule has 586 valence electrons. The molecule has 0 radical (unpaired) electrons. The minimum Gasteiger partial charge on any atom is -0.381 e. The normalized spacial score (nSPS) is 38.1. The number of epoxide rings is 8. The van der Waals surface area contributed by atoms with Gasteiger partial charge < -0.3 is 56.8 Å². The lowest BCUT2D eigenvalue weighted by Gasteiger charge is -2.59. The van der Waals surface area contributed by atoms with E-state index in [1.807, 2.05) is 18.2 Å². The van der Waals surface area contributed by atoms with E-state index in [1.54, 1.807) is 24.8 Å². The number of hydrogen-bond donors (Lipinski definition) is 0. The first-order valence-corrected chi connectivity index (χ1v) is 42.5. The van der Waals surface area contributed by atoms with Gasteiger partial charge in [-0.05, 0) is 248 Å². The van der Waals surface area contributed by atoms with Crippen molar-refractivity contribution >= 4 is 6.08 Å². The molecule has 12 aliphatic heterocycles. The van der Waals surface area contributed by atoms with Crippen LogP contribution >= 0.6 is 0 Å². The van der Waals surface area contributed by atoms with Crippen LogP contribution in [-0.4, -0.2) is 140 Å². The summed E-state index contributed by atoms with van der Waals surface area (Å²) in [7, 11) is 0. The first-order valence-electron chi connectivity index (χ1n) is 42.5. The van der Waals surface area contributed by atoms with Gasteiger partial charge in [0.25, 0.3) is 0 Å². The van der Waals surface area contributed by atoms with Gasteiger partial charge in [-0.2, -0.15) is 0 Å². The molecule has 12 nitrogen and oxygen atoms in total. The second kappa shape index (κ2) is 40.6. The van der Waals surface area contributed by atoms with E-state index in [0.717, 1.165) is 157 Å². The number of allylic oxidation sites excluding steroid dienone is 3. The summed E-state index contributed by atoms with van der Waals surface area (Å²) < 4.78 is 59.9. The van der Waals surface area contributed by atoms with Crippen LogP contribution < -0.4 is 0 Å². The maximum atomic E-state index is 5.60. The maximum Gasteiger partial charge on any atom is 0.110 e. The number of hydrogen-bond acceptors (Lipinski definition) is 12. The summed E-state index contributed by atoms with van der Waals surface area (Å²) in [4.78, 5) is 0. The van der Waals surface area contributed by atoms with Gasteiger partial charge in [0.2, 0.25) is 0 Å². The van der Waals surface area contributed by atoms with Crippen molar-refractivity contribution in [3.05, 3.63) is 138 Å². The van der Waals surface area contributed by atoms with Crippen LogP contribution in [0.2, 0.25) is 0 Å². The zero-order valence-electron chi connectivity index (χ0n) is 67.1. The van der Waals surface area contributed by atoms with Gasteiger partial charge in [-0.25, -0.2) is 0 Å². The van der Waals surface area contributed by atoms with Crippen LogP contribution in [0.5, 0.6) is 0 Å². The zero-order valence-corrected chi connectivity index (χ0v) is 67.1. The predicted molar refractivity (Wildman–Crippen MR) is 424 cm³/mol. The van der Waals surface area contributed by atoms with E-state index in [0.29, 0.717) is 66.5 Å². The molecule has 0 N–H and O–H groups in total. The van der Waals surface area contributed by atoms with Gasteiger partial charge in [0.1, 0.15) is 12.2 Å². The van der Waals surface area contributed by atoms with Crippen molar-refractivity contribution in [3.8, 4) is 0 Å². The third kappa shape index (κ3) is 28.0. The highest BCUT2D eigenvalue weighted by Gasteiger charge is 2.70. The Morgan fingerprint density at radius 2 is 1.17 bits per heavy atom. The Morgan fingerprint density at radius 3 is 1.61 bits per heavy atom. The molecule has 3 aromatic rings. The fraction of sp³-hybridized carbons (Fsp3) is 0.742. The molecule has 2 bridgehead atoms. The Kier molecular flexibility index (Phi) is 31.8. The fourth-order valence-electron chi connectivity index (χ4n) is 16.9. The molecule has 12 heteroatoms. The first-order chi connectivity index (χ1) is 50.9. The van der Waals surface area contributed by atoms with E-state index in [9.17, 15) is 0 Å². The lowest BCUT2D eigenvalue weighted by Crippen LogP contribution is -2.52. The highest BCUT2D eigenvalue weighted by molar-refractivity contribution is 5.61. The summed E-state index contributed by atoms with van der Waals surface area (Å²) in [5.74, 6) is 9.76. The molecule has 0 aromatic heterocycles. The second-order valence-electron chi connectivity index (χ2n) is 35.2. The van der Waals surface area contributed by atoms with Crippen LogP contribution in [0.1, 0.15) is 256 Å². The molecule has 12 saturated heterocycles. The van der Waals surface area contributed by atoms with Crippen molar-refractivity contribution in [2.45, 2.75) is 289 Å². The smallest absolute Gasteiger partial charge is 0.110 e. The summed E-state index contributed by atoms with van der Waals surface area (Å²) >= 11 is 0. The van der Waals surface area contributed by atoms with Crippen LogP contribution in [0.3, 0.4) is 0 Å². The summed E-state index contributed by atoms with van der Waals surface area (Å²) in [5.41, 5.74) is 10.3. The third-order valence-electron chi connectivity index (χ3n) is 25.8. The Balaban J connectivity index is 0.000000114. The second-order valence-corrected chi connectivity index (χ2v) is 35.2. The van der Waals surface area contributed by atoms with Crippen LogP contribution in [0.25, 0.3) is 6.08 Å². The van der Waals surface area contributed by atoms with Crippen molar-refractivity contribution < 1.29 is 56.8 Å². The number of ether oxygens (including phenoxy) is 12. The Morgan fingerprint density at radius 1 is 0.543 bits per heavy atom. The van der Waals surface area contributed by atoms with Crippen LogP contribution in [0, 0.1) is 64.1 Å². The Bertz CT molecular complexity index is 3000. The Labute approximate surface area is 636 Å². The van der Waals surface area contributed by atoms with Gasteiger partial charge in [0.15, 0.2) is 0 Å². The van der Waals surface area contributed by atoms with Crippen molar-refractivity contribution in [1.29, 1.82) is 0 Å². The van der Waals surface area contributed by atoms with E-state index in [4.69, 9.17) is 52.1 Å². The van der Waals surface area contributed by atoms with E-state index < -0.39 is 0 Å². The van der Waals surface area contributed by atoms with Gasteiger partial charge in [-0.15, -0.1) is 6.58 Å². The van der Waals surface area contributed by atoms with E-state index in [1.165, 1.54) is 150 Å². The summed E-state index contributed by atoms with van der Waals surface area (Å²) in [6, 6.07) is 27.6. The molecule has 3 aromatic carbocycles. The molecule has 23 aliphatic rings. The predicted octanol–water partition coefficient (Wildman–Crippen LogP) is 20.8. The van der Waals surface area contributed by atoms with Crippen molar-refractivity contribution in [3.63, 3.8) is 0 Å².